The molecule has 1 N–H and O–H groups in total. The van der Waals surface area contributed by atoms with Crippen molar-refractivity contribution in [2.45, 2.75) is 33.2 Å². The van der Waals surface area contributed by atoms with Gasteiger partial charge >= 0.3 is 0 Å². The summed E-state index contributed by atoms with van der Waals surface area (Å²) in [6.45, 7) is 6.10. The molecule has 0 saturated heterocycles. The maximum atomic E-state index is 12.6. The van der Waals surface area contributed by atoms with Crippen molar-refractivity contribution in [3.8, 4) is 0 Å². The first kappa shape index (κ1) is 12.7. The standard InChI is InChI=1S/C13H18FNO/c1-9(2)10(3)15-13(16)8-11-4-6-12(14)7-5-11/h4-7,9-10H,8H2,1-3H3,(H,15,16). The summed E-state index contributed by atoms with van der Waals surface area (Å²) < 4.78 is 12.6. The van der Waals surface area contributed by atoms with E-state index in [-0.39, 0.29) is 17.8 Å². The summed E-state index contributed by atoms with van der Waals surface area (Å²) in [5.41, 5.74) is 0.829. The van der Waals surface area contributed by atoms with Crippen LogP contribution < -0.4 is 5.32 Å². The zero-order valence-corrected chi connectivity index (χ0v) is 9.96. The molecule has 0 fully saturated rings. The molecule has 0 aromatic heterocycles. The SMILES string of the molecule is CC(C)C(C)NC(=O)Cc1ccc(F)cc1. The lowest BCUT2D eigenvalue weighted by Gasteiger charge is -2.17. The van der Waals surface area contributed by atoms with Crippen LogP contribution in [0.15, 0.2) is 24.3 Å². The highest BCUT2D eigenvalue weighted by Gasteiger charge is 2.10. The fraction of sp³-hybridized carbons (Fsp3) is 0.462. The van der Waals surface area contributed by atoms with Gasteiger partial charge in [0.2, 0.25) is 5.91 Å². The Bertz CT molecular complexity index is 345. The summed E-state index contributed by atoms with van der Waals surface area (Å²) in [5, 5.41) is 2.91. The van der Waals surface area contributed by atoms with E-state index in [1.165, 1.54) is 12.1 Å². The highest BCUT2D eigenvalue weighted by atomic mass is 19.1. The van der Waals surface area contributed by atoms with Crippen LogP contribution in [-0.4, -0.2) is 11.9 Å². The Hall–Kier alpha value is -1.38. The van der Waals surface area contributed by atoms with Crippen LogP contribution in [0.1, 0.15) is 26.3 Å². The van der Waals surface area contributed by atoms with Crippen LogP contribution in [0.5, 0.6) is 0 Å². The number of hydrogen-bond donors (Lipinski definition) is 1. The van der Waals surface area contributed by atoms with Crippen molar-refractivity contribution < 1.29 is 9.18 Å². The summed E-state index contributed by atoms with van der Waals surface area (Å²) in [4.78, 5) is 11.6. The van der Waals surface area contributed by atoms with Crippen molar-refractivity contribution >= 4 is 5.91 Å². The van der Waals surface area contributed by atoms with Gasteiger partial charge in [0, 0.05) is 6.04 Å². The second-order valence-electron chi connectivity index (χ2n) is 4.40. The third kappa shape index (κ3) is 4.01. The summed E-state index contributed by atoms with van der Waals surface area (Å²) in [6, 6.07) is 6.17. The number of hydrogen-bond acceptors (Lipinski definition) is 1. The minimum Gasteiger partial charge on any atom is -0.353 e. The van der Waals surface area contributed by atoms with Crippen LogP contribution in [0.3, 0.4) is 0 Å². The van der Waals surface area contributed by atoms with Crippen molar-refractivity contribution in [2.75, 3.05) is 0 Å². The Balaban J connectivity index is 2.48. The Morgan fingerprint density at radius 3 is 2.31 bits per heavy atom. The van der Waals surface area contributed by atoms with E-state index in [1.54, 1.807) is 12.1 Å². The van der Waals surface area contributed by atoms with E-state index in [4.69, 9.17) is 0 Å². The predicted octanol–water partition coefficient (Wildman–Crippen LogP) is 2.53. The molecule has 0 spiro atoms. The van der Waals surface area contributed by atoms with E-state index in [0.29, 0.717) is 12.3 Å². The zero-order valence-electron chi connectivity index (χ0n) is 9.96. The fourth-order valence-corrected chi connectivity index (χ4v) is 1.26. The zero-order chi connectivity index (χ0) is 12.1. The number of rotatable bonds is 4. The quantitative estimate of drug-likeness (QED) is 0.835. The highest BCUT2D eigenvalue weighted by molar-refractivity contribution is 5.78. The van der Waals surface area contributed by atoms with E-state index >= 15 is 0 Å². The van der Waals surface area contributed by atoms with Gasteiger partial charge in [-0.3, -0.25) is 4.79 Å². The third-order valence-corrected chi connectivity index (χ3v) is 2.67. The van der Waals surface area contributed by atoms with Crippen molar-refractivity contribution in [3.05, 3.63) is 35.6 Å². The number of amides is 1. The van der Waals surface area contributed by atoms with Crippen LogP contribution in [0.4, 0.5) is 4.39 Å². The molecule has 1 atom stereocenters. The Labute approximate surface area is 95.9 Å². The molecule has 1 rings (SSSR count). The molecule has 3 heteroatoms. The minimum absolute atomic E-state index is 0.0205. The monoisotopic (exact) mass is 223 g/mol. The van der Waals surface area contributed by atoms with Gasteiger partial charge in [-0.2, -0.15) is 0 Å². The van der Waals surface area contributed by atoms with E-state index in [0.717, 1.165) is 5.56 Å². The highest BCUT2D eigenvalue weighted by Crippen LogP contribution is 2.05. The van der Waals surface area contributed by atoms with Crippen molar-refractivity contribution in [1.82, 2.24) is 5.32 Å². The Kier molecular flexibility index (Phi) is 4.47. The molecule has 0 aliphatic heterocycles. The molecule has 1 unspecified atom stereocenters. The first-order valence-electron chi connectivity index (χ1n) is 5.53. The van der Waals surface area contributed by atoms with Gasteiger partial charge in [0.05, 0.1) is 6.42 Å². The molecule has 0 radical (unpaired) electrons. The second-order valence-corrected chi connectivity index (χ2v) is 4.40. The first-order chi connectivity index (χ1) is 7.49. The van der Waals surface area contributed by atoms with E-state index in [2.05, 4.69) is 19.2 Å². The van der Waals surface area contributed by atoms with Crippen LogP contribution in [-0.2, 0) is 11.2 Å². The molecular weight excluding hydrogens is 205 g/mol. The van der Waals surface area contributed by atoms with Gasteiger partial charge in [0.15, 0.2) is 0 Å². The van der Waals surface area contributed by atoms with Crippen LogP contribution >= 0.6 is 0 Å². The van der Waals surface area contributed by atoms with E-state index in [9.17, 15) is 9.18 Å². The van der Waals surface area contributed by atoms with Gasteiger partial charge in [-0.15, -0.1) is 0 Å². The molecule has 0 saturated carbocycles. The molecular formula is C13H18FNO. The number of carbonyl (C=O) groups is 1. The maximum Gasteiger partial charge on any atom is 0.224 e. The van der Waals surface area contributed by atoms with Crippen LogP contribution in [0, 0.1) is 11.7 Å². The lowest BCUT2D eigenvalue weighted by atomic mass is 10.1. The number of carbonyl (C=O) groups excluding carboxylic acids is 1. The molecule has 1 aromatic carbocycles. The summed E-state index contributed by atoms with van der Waals surface area (Å²) in [5.74, 6) is 0.115. The predicted molar refractivity (Wildman–Crippen MR) is 62.5 cm³/mol. The number of benzene rings is 1. The van der Waals surface area contributed by atoms with Gasteiger partial charge in [-0.05, 0) is 30.5 Å². The number of nitrogens with one attached hydrogen (secondary N) is 1. The molecule has 88 valence electrons. The van der Waals surface area contributed by atoms with E-state index < -0.39 is 0 Å². The van der Waals surface area contributed by atoms with Gasteiger partial charge < -0.3 is 5.32 Å². The molecule has 1 aromatic rings. The minimum atomic E-state index is -0.278. The summed E-state index contributed by atoms with van der Waals surface area (Å²) >= 11 is 0. The Morgan fingerprint density at radius 2 is 1.81 bits per heavy atom. The van der Waals surface area contributed by atoms with Crippen molar-refractivity contribution in [1.29, 1.82) is 0 Å². The van der Waals surface area contributed by atoms with Crippen molar-refractivity contribution in [2.24, 2.45) is 5.92 Å². The second kappa shape index (κ2) is 5.64. The van der Waals surface area contributed by atoms with E-state index in [1.807, 2.05) is 6.92 Å². The molecule has 2 nitrogen and oxygen atoms in total. The van der Waals surface area contributed by atoms with Gasteiger partial charge in [-0.1, -0.05) is 26.0 Å². The molecule has 0 aliphatic carbocycles. The van der Waals surface area contributed by atoms with Gasteiger partial charge in [0.1, 0.15) is 5.82 Å². The molecule has 0 heterocycles. The van der Waals surface area contributed by atoms with Gasteiger partial charge in [0.25, 0.3) is 0 Å². The topological polar surface area (TPSA) is 29.1 Å². The molecule has 1 amide bonds. The maximum absolute atomic E-state index is 12.6. The first-order valence-corrected chi connectivity index (χ1v) is 5.53. The fourth-order valence-electron chi connectivity index (χ4n) is 1.26. The average Bonchev–Trinajstić information content (AvgIpc) is 2.21. The summed E-state index contributed by atoms with van der Waals surface area (Å²) in [7, 11) is 0. The molecule has 16 heavy (non-hydrogen) atoms. The molecule has 0 aliphatic rings. The lowest BCUT2D eigenvalue weighted by Crippen LogP contribution is -2.37. The average molecular weight is 223 g/mol. The summed E-state index contributed by atoms with van der Waals surface area (Å²) in [6.07, 6.45) is 0.303. The largest absolute Gasteiger partial charge is 0.353 e. The van der Waals surface area contributed by atoms with Crippen molar-refractivity contribution in [3.63, 3.8) is 0 Å². The van der Waals surface area contributed by atoms with Gasteiger partial charge in [-0.25, -0.2) is 4.39 Å². The van der Waals surface area contributed by atoms with Crippen LogP contribution in [0.25, 0.3) is 0 Å². The molecule has 0 bridgehead atoms. The smallest absolute Gasteiger partial charge is 0.224 e. The number of halogens is 1. The normalized spacial score (nSPS) is 12.6. The third-order valence-electron chi connectivity index (χ3n) is 2.67. The van der Waals surface area contributed by atoms with Crippen LogP contribution in [0.2, 0.25) is 0 Å². The Morgan fingerprint density at radius 1 is 1.25 bits per heavy atom. The lowest BCUT2D eigenvalue weighted by molar-refractivity contribution is -0.121.